The van der Waals surface area contributed by atoms with E-state index in [1.807, 2.05) is 36.4 Å². The van der Waals surface area contributed by atoms with Crippen molar-refractivity contribution in [3.8, 4) is 51.0 Å². The normalized spacial score (nSPS) is 11.6. The lowest BCUT2D eigenvalue weighted by Gasteiger charge is -2.18. The summed E-state index contributed by atoms with van der Waals surface area (Å²) in [6, 6.07) is 68.7. The van der Waals surface area contributed by atoms with Crippen molar-refractivity contribution in [1.82, 2.24) is 19.5 Å². The molecule has 4 nitrogen and oxygen atoms in total. The number of benzene rings is 9. The van der Waals surface area contributed by atoms with E-state index < -0.39 is 0 Å². The van der Waals surface area contributed by atoms with E-state index in [0.717, 1.165) is 49.9 Å². The fourth-order valence-corrected chi connectivity index (χ4v) is 8.37. The molecular weight excluding hydrogens is 669 g/mol. The molecule has 11 aromatic rings. The minimum absolute atomic E-state index is 0.626. The summed E-state index contributed by atoms with van der Waals surface area (Å²) < 4.78 is 2.41. The van der Waals surface area contributed by atoms with Gasteiger partial charge in [-0.2, -0.15) is 0 Å². The highest BCUT2D eigenvalue weighted by molar-refractivity contribution is 6.27. The van der Waals surface area contributed by atoms with Crippen LogP contribution in [0.1, 0.15) is 0 Å². The molecule has 4 heteroatoms. The van der Waals surface area contributed by atoms with Gasteiger partial charge in [-0.05, 0) is 68.2 Å². The second-order valence-electron chi connectivity index (χ2n) is 14.0. The average Bonchev–Trinajstić information content (AvgIpc) is 3.61. The summed E-state index contributed by atoms with van der Waals surface area (Å²) in [5, 5.41) is 9.61. The molecule has 2 aromatic heterocycles. The number of nitrogens with zero attached hydrogens (tertiary/aromatic N) is 4. The summed E-state index contributed by atoms with van der Waals surface area (Å²) >= 11 is 0. The third kappa shape index (κ3) is 5.03. The molecule has 0 saturated heterocycles. The molecular formula is C51H32N4. The van der Waals surface area contributed by atoms with Crippen LogP contribution < -0.4 is 0 Å². The van der Waals surface area contributed by atoms with Gasteiger partial charge in [-0.25, -0.2) is 15.0 Å². The Morgan fingerprint density at radius 2 is 0.727 bits per heavy atom. The third-order valence-electron chi connectivity index (χ3n) is 10.8. The zero-order chi connectivity index (χ0) is 36.3. The topological polar surface area (TPSA) is 43.6 Å². The van der Waals surface area contributed by atoms with E-state index in [9.17, 15) is 0 Å². The molecule has 11 rings (SSSR count). The van der Waals surface area contributed by atoms with Crippen molar-refractivity contribution in [2.45, 2.75) is 0 Å². The van der Waals surface area contributed by atoms with Crippen molar-refractivity contribution in [3.63, 3.8) is 0 Å². The maximum absolute atomic E-state index is 5.31. The molecule has 0 aliphatic heterocycles. The number of aromatic nitrogens is 4. The predicted molar refractivity (Wildman–Crippen MR) is 228 cm³/mol. The maximum Gasteiger partial charge on any atom is 0.164 e. The molecule has 0 bridgehead atoms. The van der Waals surface area contributed by atoms with E-state index in [0.29, 0.717) is 17.5 Å². The smallest absolute Gasteiger partial charge is 0.164 e. The predicted octanol–water partition coefficient (Wildman–Crippen LogP) is 13.1. The van der Waals surface area contributed by atoms with Crippen molar-refractivity contribution in [2.24, 2.45) is 0 Å². The second-order valence-corrected chi connectivity index (χ2v) is 14.0. The van der Waals surface area contributed by atoms with E-state index in [2.05, 4.69) is 162 Å². The first-order valence-electron chi connectivity index (χ1n) is 18.6. The van der Waals surface area contributed by atoms with Gasteiger partial charge >= 0.3 is 0 Å². The quantitative estimate of drug-likeness (QED) is 0.168. The minimum Gasteiger partial charge on any atom is -0.309 e. The van der Waals surface area contributed by atoms with Crippen molar-refractivity contribution < 1.29 is 0 Å². The molecule has 0 spiro atoms. The van der Waals surface area contributed by atoms with Gasteiger partial charge in [0.2, 0.25) is 0 Å². The Morgan fingerprint density at radius 1 is 0.291 bits per heavy atom. The van der Waals surface area contributed by atoms with Crippen molar-refractivity contribution in [3.05, 3.63) is 194 Å². The van der Waals surface area contributed by atoms with Crippen LogP contribution in [0.25, 0.3) is 105 Å². The van der Waals surface area contributed by atoms with Crippen LogP contribution in [0.4, 0.5) is 0 Å². The summed E-state index contributed by atoms with van der Waals surface area (Å²) in [5.41, 5.74) is 8.40. The van der Waals surface area contributed by atoms with E-state index in [-0.39, 0.29) is 0 Å². The Labute approximate surface area is 317 Å². The fourth-order valence-electron chi connectivity index (χ4n) is 8.37. The van der Waals surface area contributed by atoms with Gasteiger partial charge in [0.25, 0.3) is 0 Å². The van der Waals surface area contributed by atoms with E-state index in [1.54, 1.807) is 0 Å². The summed E-state index contributed by atoms with van der Waals surface area (Å²) in [7, 11) is 0. The Morgan fingerprint density at radius 3 is 1.31 bits per heavy atom. The average molecular weight is 701 g/mol. The summed E-state index contributed by atoms with van der Waals surface area (Å²) in [4.78, 5) is 15.7. The first-order valence-corrected chi connectivity index (χ1v) is 18.6. The highest BCUT2D eigenvalue weighted by Crippen LogP contribution is 2.45. The van der Waals surface area contributed by atoms with Gasteiger partial charge in [-0.15, -0.1) is 0 Å². The molecule has 0 unspecified atom stereocenters. The van der Waals surface area contributed by atoms with Gasteiger partial charge in [-0.1, -0.05) is 164 Å². The van der Waals surface area contributed by atoms with Crippen LogP contribution in [-0.2, 0) is 0 Å². The lowest BCUT2D eigenvalue weighted by molar-refractivity contribution is 1.07. The Balaban J connectivity index is 1.32. The Hall–Kier alpha value is -7.43. The molecule has 9 aromatic carbocycles. The molecule has 0 radical (unpaired) electrons. The number of hydrogen-bond acceptors (Lipinski definition) is 3. The third-order valence-corrected chi connectivity index (χ3v) is 10.8. The fraction of sp³-hybridized carbons (Fsp3) is 0. The molecule has 0 atom stereocenters. The van der Waals surface area contributed by atoms with Gasteiger partial charge in [0, 0.05) is 38.7 Å². The maximum atomic E-state index is 5.31. The first kappa shape index (κ1) is 31.1. The number of rotatable bonds is 5. The van der Waals surface area contributed by atoms with Crippen LogP contribution >= 0.6 is 0 Å². The number of hydrogen-bond donors (Lipinski definition) is 0. The van der Waals surface area contributed by atoms with Crippen LogP contribution in [0, 0.1) is 0 Å². The molecule has 0 fully saturated rings. The van der Waals surface area contributed by atoms with Crippen LogP contribution in [-0.4, -0.2) is 19.5 Å². The SMILES string of the molecule is c1ccc(-c2nc(-c3ccccc3)nc(-c3cc4c5ccccc5c5ccccc5c4cc3-c3cccc4c5ccccc5n(-c5ccccc5)c34)n2)cc1. The van der Waals surface area contributed by atoms with Crippen LogP contribution in [0.5, 0.6) is 0 Å². The molecule has 55 heavy (non-hydrogen) atoms. The van der Waals surface area contributed by atoms with Crippen LogP contribution in [0.15, 0.2) is 194 Å². The lowest BCUT2D eigenvalue weighted by Crippen LogP contribution is -2.02. The summed E-state index contributed by atoms with van der Waals surface area (Å²) in [6.07, 6.45) is 0. The van der Waals surface area contributed by atoms with E-state index >= 15 is 0 Å². The van der Waals surface area contributed by atoms with E-state index in [4.69, 9.17) is 15.0 Å². The van der Waals surface area contributed by atoms with Crippen LogP contribution in [0.2, 0.25) is 0 Å². The van der Waals surface area contributed by atoms with Crippen molar-refractivity contribution in [2.75, 3.05) is 0 Å². The van der Waals surface area contributed by atoms with Crippen molar-refractivity contribution in [1.29, 1.82) is 0 Å². The second kappa shape index (κ2) is 12.6. The van der Waals surface area contributed by atoms with Crippen molar-refractivity contribution >= 4 is 54.1 Å². The van der Waals surface area contributed by atoms with Gasteiger partial charge in [0.05, 0.1) is 11.0 Å². The highest BCUT2D eigenvalue weighted by Gasteiger charge is 2.23. The minimum atomic E-state index is 0.626. The largest absolute Gasteiger partial charge is 0.309 e. The van der Waals surface area contributed by atoms with Gasteiger partial charge in [-0.3, -0.25) is 0 Å². The molecule has 2 heterocycles. The standard InChI is InChI=1S/C51H32N4/c1-4-17-33(18-5-1)49-52-50(34-19-6-2-7-20-34)54-51(53-49)46-32-44-39-26-13-11-24-37(39)36-23-10-12-25-38(36)43(44)31-45(46)42-29-16-28-41-40-27-14-15-30-47(40)55(48(41)42)35-21-8-3-9-22-35/h1-32H. The highest BCUT2D eigenvalue weighted by atomic mass is 15.0. The van der Waals surface area contributed by atoms with Gasteiger partial charge < -0.3 is 4.57 Å². The van der Waals surface area contributed by atoms with Gasteiger partial charge in [0.1, 0.15) is 0 Å². The molecule has 0 aliphatic rings. The van der Waals surface area contributed by atoms with E-state index in [1.165, 1.54) is 37.7 Å². The monoisotopic (exact) mass is 700 g/mol. The molecule has 0 amide bonds. The summed E-state index contributed by atoms with van der Waals surface area (Å²) in [5.74, 6) is 1.90. The lowest BCUT2D eigenvalue weighted by atomic mass is 9.88. The zero-order valence-corrected chi connectivity index (χ0v) is 29.8. The first-order chi connectivity index (χ1) is 27.3. The zero-order valence-electron chi connectivity index (χ0n) is 29.8. The molecule has 0 saturated carbocycles. The number of fused-ring (bicyclic) bond motifs is 9. The van der Waals surface area contributed by atoms with Gasteiger partial charge in [0.15, 0.2) is 17.5 Å². The molecule has 0 N–H and O–H groups in total. The molecule has 0 aliphatic carbocycles. The summed E-state index contributed by atoms with van der Waals surface area (Å²) in [6.45, 7) is 0. The Bertz CT molecular complexity index is 3180. The number of para-hydroxylation sites is 3. The van der Waals surface area contributed by atoms with Crippen LogP contribution in [0.3, 0.4) is 0 Å². The molecule has 256 valence electrons. The Kier molecular flexibility index (Phi) is 7.14.